The van der Waals surface area contributed by atoms with Crippen LogP contribution in [0, 0.1) is 11.7 Å². The van der Waals surface area contributed by atoms with Crippen LogP contribution in [0.15, 0.2) is 11.2 Å². The van der Waals surface area contributed by atoms with Crippen LogP contribution in [0.4, 0.5) is 4.39 Å². The third-order valence-corrected chi connectivity index (χ3v) is 2.50. The molecule has 1 heterocycles. The highest BCUT2D eigenvalue weighted by Gasteiger charge is 2.15. The third-order valence-electron chi connectivity index (χ3n) is 1.52. The average Bonchev–Trinajstić information content (AvgIpc) is 2.29. The monoisotopic (exact) mass is 206 g/mol. The van der Waals surface area contributed by atoms with E-state index in [1.807, 2.05) is 0 Å². The number of alkyl halides is 1. The normalized spacial score (nSPS) is 18.2. The first-order valence-corrected chi connectivity index (χ1v) is 5.21. The molecular formula is C6H11FN4OS. The Balaban J connectivity index is 3.27. The zero-order valence-corrected chi connectivity index (χ0v) is 8.14. The summed E-state index contributed by atoms with van der Waals surface area (Å²) in [6.45, 7) is 2.88. The molecular weight excluding hydrogens is 195 g/mol. The molecule has 74 valence electrons. The Morgan fingerprint density at radius 3 is 2.62 bits per heavy atom. The minimum atomic E-state index is -3.34. The maximum Gasteiger partial charge on any atom is 0.188 e. The third kappa shape index (κ3) is 2.04. The van der Waals surface area contributed by atoms with E-state index < -0.39 is 16.2 Å². The summed E-state index contributed by atoms with van der Waals surface area (Å²) in [5.41, 5.74) is 0.465. The predicted octanol–water partition coefficient (Wildman–Crippen LogP) is 0.959. The van der Waals surface area contributed by atoms with Crippen molar-refractivity contribution in [2.75, 3.05) is 0 Å². The Hall–Kier alpha value is -0.950. The zero-order chi connectivity index (χ0) is 10.2. The van der Waals surface area contributed by atoms with E-state index in [4.69, 9.17) is 9.92 Å². The van der Waals surface area contributed by atoms with Gasteiger partial charge in [0.1, 0.15) is 0 Å². The molecule has 0 aliphatic carbocycles. The van der Waals surface area contributed by atoms with Gasteiger partial charge in [0.25, 0.3) is 0 Å². The fraction of sp³-hybridized carbons (Fsp3) is 0.500. The van der Waals surface area contributed by atoms with Gasteiger partial charge in [-0.25, -0.2) is 23.2 Å². The van der Waals surface area contributed by atoms with Gasteiger partial charge in [0, 0.05) is 11.8 Å². The van der Waals surface area contributed by atoms with E-state index in [0.29, 0.717) is 5.56 Å². The van der Waals surface area contributed by atoms with Crippen molar-refractivity contribution < 1.29 is 8.60 Å². The van der Waals surface area contributed by atoms with Crippen LogP contribution in [0.5, 0.6) is 0 Å². The van der Waals surface area contributed by atoms with Crippen molar-refractivity contribution in [3.05, 3.63) is 11.8 Å². The molecule has 0 aromatic carbocycles. The molecule has 0 saturated heterocycles. The summed E-state index contributed by atoms with van der Waals surface area (Å²) in [5.74, 6) is 0. The number of hydrogen-bond donors (Lipinski definition) is 2. The van der Waals surface area contributed by atoms with Crippen molar-refractivity contribution in [1.82, 2.24) is 9.78 Å². The number of halogens is 1. The molecule has 2 unspecified atom stereocenters. The quantitative estimate of drug-likeness (QED) is 0.755. The number of nitrogens with zero attached hydrogens (tertiary/aromatic N) is 2. The highest BCUT2D eigenvalue weighted by Crippen LogP contribution is 2.14. The lowest BCUT2D eigenvalue weighted by molar-refractivity contribution is 0.242. The summed E-state index contributed by atoms with van der Waals surface area (Å²) >= 11 is 0. The van der Waals surface area contributed by atoms with E-state index in [1.54, 1.807) is 6.92 Å². The average molecular weight is 206 g/mol. The number of hydrogen-bond acceptors (Lipinski definition) is 3. The molecule has 13 heavy (non-hydrogen) atoms. The van der Waals surface area contributed by atoms with Crippen molar-refractivity contribution in [2.24, 2.45) is 5.14 Å². The molecule has 1 aromatic rings. The van der Waals surface area contributed by atoms with Gasteiger partial charge in [0.15, 0.2) is 21.2 Å². The number of aryl methyl sites for hydroxylation is 1. The maximum absolute atomic E-state index is 12.7. The van der Waals surface area contributed by atoms with Crippen LogP contribution in [0.1, 0.15) is 18.8 Å². The SMILES string of the molecule is Cc1cn(C(C)F)nc1S(=N)(N)=O. The first-order valence-electron chi connectivity index (χ1n) is 3.58. The van der Waals surface area contributed by atoms with Crippen molar-refractivity contribution >= 4 is 9.92 Å². The fourth-order valence-corrected chi connectivity index (χ4v) is 1.69. The summed E-state index contributed by atoms with van der Waals surface area (Å²) in [6.07, 6.45) is 0.0651. The van der Waals surface area contributed by atoms with Crippen LogP contribution in [0.3, 0.4) is 0 Å². The van der Waals surface area contributed by atoms with Gasteiger partial charge in [0.05, 0.1) is 0 Å². The molecule has 3 N–H and O–H groups in total. The standard InChI is InChI=1S/C6H11FN4OS/c1-4-3-11(5(2)7)10-6(4)13(8,9)12/h3,5H,1-2H3,(H3,8,9,12). The number of nitrogens with two attached hydrogens (primary N) is 1. The van der Waals surface area contributed by atoms with Crippen LogP contribution in [-0.4, -0.2) is 14.0 Å². The topological polar surface area (TPSA) is 84.8 Å². The number of aromatic nitrogens is 2. The van der Waals surface area contributed by atoms with E-state index >= 15 is 0 Å². The van der Waals surface area contributed by atoms with Gasteiger partial charge in [-0.3, -0.25) is 0 Å². The first kappa shape index (κ1) is 10.1. The van der Waals surface area contributed by atoms with Crippen molar-refractivity contribution in [1.29, 1.82) is 4.78 Å². The van der Waals surface area contributed by atoms with Crippen molar-refractivity contribution in [2.45, 2.75) is 25.2 Å². The first-order chi connectivity index (χ1) is 5.82. The van der Waals surface area contributed by atoms with E-state index in [2.05, 4.69) is 5.10 Å². The highest BCUT2D eigenvalue weighted by molar-refractivity contribution is 7.90. The lowest BCUT2D eigenvalue weighted by atomic mass is 10.4. The van der Waals surface area contributed by atoms with E-state index in [1.165, 1.54) is 13.1 Å². The Morgan fingerprint density at radius 2 is 2.38 bits per heavy atom. The van der Waals surface area contributed by atoms with E-state index in [0.717, 1.165) is 4.68 Å². The Bertz CT molecular complexity index is 408. The number of rotatable bonds is 2. The molecule has 1 rings (SSSR count). The number of nitrogens with one attached hydrogen (secondary N) is 1. The van der Waals surface area contributed by atoms with Crippen LogP contribution in [0.25, 0.3) is 0 Å². The Labute approximate surface area is 75.8 Å². The molecule has 2 atom stereocenters. The molecule has 1 aromatic heterocycles. The Kier molecular flexibility index (Phi) is 2.40. The molecule has 0 spiro atoms. The molecule has 5 nitrogen and oxygen atoms in total. The molecule has 0 amide bonds. The lowest BCUT2D eigenvalue weighted by Gasteiger charge is -1.99. The van der Waals surface area contributed by atoms with Gasteiger partial charge < -0.3 is 0 Å². The van der Waals surface area contributed by atoms with Crippen LogP contribution >= 0.6 is 0 Å². The summed E-state index contributed by atoms with van der Waals surface area (Å²) < 4.78 is 31.9. The largest absolute Gasteiger partial charge is 0.240 e. The minimum Gasteiger partial charge on any atom is -0.240 e. The Morgan fingerprint density at radius 1 is 1.85 bits per heavy atom. The van der Waals surface area contributed by atoms with Crippen LogP contribution in [-0.2, 0) is 9.92 Å². The summed E-state index contributed by atoms with van der Waals surface area (Å²) in [4.78, 5) is 0. The molecule has 0 radical (unpaired) electrons. The molecule has 7 heteroatoms. The smallest absolute Gasteiger partial charge is 0.188 e. The minimum absolute atomic E-state index is 0.0583. The summed E-state index contributed by atoms with van der Waals surface area (Å²) in [5, 5.41) is 8.64. The summed E-state index contributed by atoms with van der Waals surface area (Å²) in [7, 11) is -3.34. The zero-order valence-electron chi connectivity index (χ0n) is 7.32. The van der Waals surface area contributed by atoms with Gasteiger partial charge in [0.2, 0.25) is 0 Å². The predicted molar refractivity (Wildman–Crippen MR) is 46.1 cm³/mol. The molecule has 0 aliphatic rings. The molecule has 0 saturated carbocycles. The van der Waals surface area contributed by atoms with Gasteiger partial charge in [-0.1, -0.05) is 0 Å². The van der Waals surface area contributed by atoms with Gasteiger partial charge in [-0.2, -0.15) is 5.10 Å². The van der Waals surface area contributed by atoms with Crippen LogP contribution < -0.4 is 5.14 Å². The maximum atomic E-state index is 12.7. The van der Waals surface area contributed by atoms with Gasteiger partial charge in [-0.15, -0.1) is 0 Å². The van der Waals surface area contributed by atoms with Crippen LogP contribution in [0.2, 0.25) is 0 Å². The van der Waals surface area contributed by atoms with Gasteiger partial charge in [-0.05, 0) is 13.8 Å². The molecule has 0 bridgehead atoms. The fourth-order valence-electron chi connectivity index (χ4n) is 0.948. The van der Waals surface area contributed by atoms with E-state index in [-0.39, 0.29) is 5.03 Å². The van der Waals surface area contributed by atoms with Gasteiger partial charge >= 0.3 is 0 Å². The highest BCUT2D eigenvalue weighted by atomic mass is 32.2. The lowest BCUT2D eigenvalue weighted by Crippen LogP contribution is -2.13. The second kappa shape index (κ2) is 3.08. The second-order valence-electron chi connectivity index (χ2n) is 2.77. The van der Waals surface area contributed by atoms with Crippen molar-refractivity contribution in [3.8, 4) is 0 Å². The van der Waals surface area contributed by atoms with E-state index in [9.17, 15) is 8.60 Å². The molecule has 0 aliphatic heterocycles. The summed E-state index contributed by atoms with van der Waals surface area (Å²) in [6, 6.07) is 0. The van der Waals surface area contributed by atoms with Crippen molar-refractivity contribution in [3.63, 3.8) is 0 Å². The molecule has 0 fully saturated rings. The second-order valence-corrected chi connectivity index (χ2v) is 4.36.